The Labute approximate surface area is 171 Å². The van der Waals surface area contributed by atoms with Gasteiger partial charge < -0.3 is 40.3 Å². The summed E-state index contributed by atoms with van der Waals surface area (Å²) in [5, 5.41) is 20.4. The van der Waals surface area contributed by atoms with Gasteiger partial charge in [-0.1, -0.05) is 0 Å². The quantitative estimate of drug-likeness (QED) is 0.116. The monoisotopic (exact) mass is 522 g/mol. The number of imidazole rings is 1. The van der Waals surface area contributed by atoms with Crippen LogP contribution in [-0.4, -0.2) is 74.2 Å². The molecule has 6 atom stereocenters. The summed E-state index contributed by atoms with van der Waals surface area (Å²) >= 11 is 0. The molecule has 1 aliphatic heterocycles. The van der Waals surface area contributed by atoms with E-state index in [0.29, 0.717) is 0 Å². The molecule has 0 aliphatic carbocycles. The van der Waals surface area contributed by atoms with Crippen LogP contribution in [0, 0.1) is 0 Å². The van der Waals surface area contributed by atoms with Crippen LogP contribution in [0.25, 0.3) is 11.2 Å². The van der Waals surface area contributed by atoms with Gasteiger partial charge in [-0.3, -0.25) is 9.09 Å². The molecule has 31 heavy (non-hydrogen) atoms. The van der Waals surface area contributed by atoms with Crippen molar-refractivity contribution >= 4 is 40.4 Å². The van der Waals surface area contributed by atoms with Crippen molar-refractivity contribution < 1.29 is 61.4 Å². The Balaban J connectivity index is 1.69. The Hall–Kier alpha value is -1.36. The van der Waals surface area contributed by atoms with E-state index in [-0.39, 0.29) is 17.0 Å². The van der Waals surface area contributed by atoms with Gasteiger partial charge in [0.15, 0.2) is 17.7 Å². The number of phosphoric acid groups is 3. The highest BCUT2D eigenvalue weighted by Crippen LogP contribution is 2.66. The van der Waals surface area contributed by atoms with Crippen LogP contribution in [0.4, 0.5) is 5.82 Å². The van der Waals surface area contributed by atoms with Gasteiger partial charge in [-0.05, 0) is 0 Å². The molecule has 5 unspecified atom stereocenters. The molecule has 8 N–H and O–H groups in total. The number of nitrogens with two attached hydrogens (primary N) is 1. The predicted octanol–water partition coefficient (Wildman–Crippen LogP) is -1.63. The van der Waals surface area contributed by atoms with E-state index < -0.39 is 54.6 Å². The molecule has 18 nitrogen and oxygen atoms in total. The molecule has 0 bridgehead atoms. The number of rotatable bonds is 8. The molecule has 1 fully saturated rings. The molecular weight excluding hydrogens is 506 g/mol. The first-order valence-corrected chi connectivity index (χ1v) is 12.4. The minimum Gasteiger partial charge on any atom is -0.387 e. The molecular formula is C10H16N5O13P3. The second-order valence-electron chi connectivity index (χ2n) is 6.02. The van der Waals surface area contributed by atoms with Gasteiger partial charge in [-0.25, -0.2) is 28.6 Å². The average Bonchev–Trinajstić information content (AvgIpc) is 3.13. The standard InChI is InChI=1S/C10H16N5O13P3/c11-8-5-9(13-2-12-8)15(3-14-5)10-7(17)6(16)4(26-10)1-25-30(21,22)28-31(23,24)27-29(18,19)20/h2-4,6-7,10,16-17H,1H2,(H,21,22)(H,23,24)(H2,11,12,13)(H2,18,19,20)/t4?,6-,7?,10?/m0/s1/i1+1,2+1,3+1,4+1,5+1,6+1,7+1,8+1,9+1,10+1,11+1,12+1,13+1,14+1,15+1. The number of aromatic nitrogens is 4. The minimum atomic E-state index is -5.70. The van der Waals surface area contributed by atoms with E-state index in [1.54, 1.807) is 0 Å². The van der Waals surface area contributed by atoms with Crippen LogP contribution >= 0.6 is 23.5 Å². The number of ether oxygens (including phenoxy) is 1. The smallest absolute Gasteiger partial charge is 0.387 e. The van der Waals surface area contributed by atoms with E-state index in [1.165, 1.54) is 10.9 Å². The minimum absolute atomic E-state index is 0.0426. The maximum absolute atomic E-state index is 11.8. The molecule has 0 radical (unpaired) electrons. The number of nitrogens with zero attached hydrogens (tertiary/aromatic N) is 4. The van der Waals surface area contributed by atoms with E-state index >= 15 is 0 Å². The summed E-state index contributed by atoms with van der Waals surface area (Å²) < 4.78 is 51.9. The zero-order valence-electron chi connectivity index (χ0n) is 14.9. The highest BCUT2D eigenvalue weighted by Gasteiger charge is 2.47. The van der Waals surface area contributed by atoms with E-state index in [0.717, 1.165) is 6.33 Å². The van der Waals surface area contributed by atoms with Crippen molar-refractivity contribution in [2.75, 3.05) is 12.3 Å². The van der Waals surface area contributed by atoms with Crippen molar-refractivity contribution in [3.63, 3.8) is 0 Å². The van der Waals surface area contributed by atoms with Crippen LogP contribution in [0.15, 0.2) is 12.7 Å². The molecule has 2 aromatic heterocycles. The number of phosphoric ester groups is 1. The molecule has 21 heteroatoms. The molecule has 3 rings (SSSR count). The lowest BCUT2D eigenvalue weighted by Crippen LogP contribution is -2.33. The normalized spacial score (nSPS) is 28.5. The Morgan fingerprint density at radius 1 is 1.03 bits per heavy atom. The lowest BCUT2D eigenvalue weighted by Gasteiger charge is -2.19. The van der Waals surface area contributed by atoms with Crippen LogP contribution in [-0.2, 0) is 31.6 Å². The van der Waals surface area contributed by atoms with Gasteiger partial charge in [0.25, 0.3) is 0 Å². The van der Waals surface area contributed by atoms with Gasteiger partial charge in [-0.15, -0.1) is 0 Å². The number of anilines is 1. The third-order valence-corrected chi connectivity index (χ3v) is 7.62. The molecule has 0 aromatic carbocycles. The second-order valence-corrected chi connectivity index (χ2v) is 10.4. The third-order valence-electron chi connectivity index (χ3n) is 3.82. The summed E-state index contributed by atoms with van der Waals surface area (Å²) in [5.74, 6) is 0.0426. The number of aliphatic hydroxyl groups excluding tert-OH is 2. The van der Waals surface area contributed by atoms with Crippen molar-refractivity contribution in [1.82, 2.24) is 19.5 Å². The fourth-order valence-electron chi connectivity index (χ4n) is 2.62. The summed E-state index contributed by atoms with van der Waals surface area (Å²) in [6.45, 7) is -0.956. The lowest BCUT2D eigenvalue weighted by atomic mass is 11.1. The summed E-state index contributed by atoms with van der Waals surface area (Å²) in [4.78, 5) is 47.2. The van der Waals surface area contributed by atoms with Crippen molar-refractivity contribution in [2.45, 2.75) is 24.5 Å². The summed E-state index contributed by atoms with van der Waals surface area (Å²) in [7, 11) is -16.7. The summed E-state index contributed by atoms with van der Waals surface area (Å²) in [5.41, 5.74) is 6.00. The molecule has 174 valence electrons. The maximum atomic E-state index is 11.8. The molecule has 0 spiro atoms. The topological polar surface area (TPSA) is 279 Å². The van der Waals surface area contributed by atoms with Gasteiger partial charge in [0, 0.05) is 0 Å². The fraction of sp³-hybridized carbons (Fsp3) is 0.500. The van der Waals surface area contributed by atoms with E-state index in [9.17, 15) is 28.8 Å². The predicted molar refractivity (Wildman–Crippen MR) is 95.5 cm³/mol. The zero-order valence-corrected chi connectivity index (χ0v) is 17.6. The van der Waals surface area contributed by atoms with Gasteiger partial charge in [-0.2, -0.15) is 8.62 Å². The zero-order chi connectivity index (χ0) is 23.2. The first-order valence-electron chi connectivity index (χ1n) is 7.92. The number of hydrogen-bond donors (Lipinski definition) is 7. The van der Waals surface area contributed by atoms with E-state index in [4.69, 9.17) is 25.2 Å². The van der Waals surface area contributed by atoms with Gasteiger partial charge in [0.2, 0.25) is 0 Å². The molecule has 0 amide bonds. The van der Waals surface area contributed by atoms with Crippen LogP contribution in [0.3, 0.4) is 0 Å². The lowest BCUT2D eigenvalue weighted by molar-refractivity contribution is -0.0503. The largest absolute Gasteiger partial charge is 0.490 e. The van der Waals surface area contributed by atoms with Crippen molar-refractivity contribution in [1.29, 1.82) is 0 Å². The summed E-state index contributed by atoms with van der Waals surface area (Å²) in [6, 6.07) is 0. The van der Waals surface area contributed by atoms with Crippen LogP contribution < -0.4 is 5.73 Å². The number of aliphatic hydroxyl groups is 2. The highest BCUT2D eigenvalue weighted by atomic mass is 31.3. The van der Waals surface area contributed by atoms with E-state index in [1.807, 2.05) is 0 Å². The van der Waals surface area contributed by atoms with E-state index in [2.05, 4.69) is 28.1 Å². The van der Waals surface area contributed by atoms with Crippen molar-refractivity contribution in [3.8, 4) is 0 Å². The first kappa shape index (κ1) is 24.3. The summed E-state index contributed by atoms with van der Waals surface area (Å²) in [6.07, 6.45) is -3.69. The molecule has 2 aromatic rings. The van der Waals surface area contributed by atoms with Gasteiger partial charge in [0.1, 0.15) is 30.2 Å². The van der Waals surface area contributed by atoms with Crippen molar-refractivity contribution in [2.24, 2.45) is 0 Å². The number of fused-ring (bicyclic) bond motifs is 1. The Morgan fingerprint density at radius 2 is 1.71 bits per heavy atom. The Bertz CT molecular complexity index is 1100. The molecule has 1 saturated heterocycles. The molecule has 1 aliphatic rings. The van der Waals surface area contributed by atoms with Crippen LogP contribution in [0.5, 0.6) is 0 Å². The van der Waals surface area contributed by atoms with Crippen LogP contribution in [0.2, 0.25) is 0 Å². The first-order chi connectivity index (χ1) is 14.2. The van der Waals surface area contributed by atoms with Gasteiger partial charge in [0.05, 0.1) is 12.9 Å². The molecule has 0 saturated carbocycles. The Morgan fingerprint density at radius 3 is 2.35 bits per heavy atom. The van der Waals surface area contributed by atoms with Crippen molar-refractivity contribution in [3.05, 3.63) is 12.7 Å². The number of hydrogen-bond acceptors (Lipinski definition) is 13. The number of nitrogen functional groups attached to an aromatic ring is 1. The molecule has 3 heterocycles. The maximum Gasteiger partial charge on any atom is 0.490 e. The average molecular weight is 522 g/mol. The van der Waals surface area contributed by atoms with Gasteiger partial charge >= 0.3 is 23.5 Å². The van der Waals surface area contributed by atoms with Crippen LogP contribution in [0.1, 0.15) is 6.23 Å². The highest BCUT2D eigenvalue weighted by molar-refractivity contribution is 7.66. The second kappa shape index (κ2) is 8.53. The fourth-order valence-corrected chi connectivity index (χ4v) is 5.65. The third kappa shape index (κ3) is 5.71. The Kier molecular flexibility index (Phi) is 6.68. The SMILES string of the molecule is [15NH2][13c]1[15n][13cH][15n][13c]2[13c]1[15n][13cH][15n]2[13CH]1O[13CH]([13CH2]OP(=O)(O)OP(=O)(O)OP(=O)(O)O)[13C@H](O)[13CH]1O.